The van der Waals surface area contributed by atoms with E-state index in [1.807, 2.05) is 26.7 Å². The number of Topliss-reactive ketones (excluding diaryl/α,β-unsaturated/α-hetero) is 1. The fourth-order valence-electron chi connectivity index (χ4n) is 2.43. The van der Waals surface area contributed by atoms with Crippen LogP contribution in [0.15, 0.2) is 29.5 Å². The molecular formula is C16H23BO2. The average molecular weight is 258 g/mol. The Labute approximate surface area is 116 Å². The highest BCUT2D eigenvalue weighted by atomic mass is 16.1. The first-order chi connectivity index (χ1) is 8.88. The topological polar surface area (TPSA) is 34.1 Å². The Morgan fingerprint density at radius 1 is 1.32 bits per heavy atom. The molecule has 0 radical (unpaired) electrons. The van der Waals surface area contributed by atoms with E-state index in [0.29, 0.717) is 18.3 Å². The van der Waals surface area contributed by atoms with Gasteiger partial charge in [0.1, 0.15) is 11.5 Å². The van der Waals surface area contributed by atoms with Gasteiger partial charge in [0.15, 0.2) is 0 Å². The van der Waals surface area contributed by atoms with E-state index in [1.54, 1.807) is 0 Å². The molecule has 0 saturated carbocycles. The number of rotatable bonds is 3. The van der Waals surface area contributed by atoms with Crippen molar-refractivity contribution >= 4 is 18.2 Å². The van der Waals surface area contributed by atoms with E-state index in [-0.39, 0.29) is 18.2 Å². The fraction of sp³-hybridized carbons (Fsp3) is 0.562. The third-order valence-electron chi connectivity index (χ3n) is 3.45. The van der Waals surface area contributed by atoms with Crippen molar-refractivity contribution in [2.45, 2.75) is 53.2 Å². The molecule has 0 aliphatic carbocycles. The molecule has 0 aromatic rings. The van der Waals surface area contributed by atoms with Gasteiger partial charge in [-0.1, -0.05) is 39.7 Å². The van der Waals surface area contributed by atoms with E-state index >= 15 is 0 Å². The molecule has 0 atom stereocenters. The number of hydrogen-bond acceptors (Lipinski definition) is 2. The van der Waals surface area contributed by atoms with Crippen LogP contribution < -0.4 is 0 Å². The van der Waals surface area contributed by atoms with E-state index in [1.165, 1.54) is 0 Å². The fourth-order valence-corrected chi connectivity index (χ4v) is 2.43. The van der Waals surface area contributed by atoms with Crippen LogP contribution >= 0.6 is 0 Å². The van der Waals surface area contributed by atoms with Crippen molar-refractivity contribution in [3.05, 3.63) is 29.5 Å². The highest BCUT2D eigenvalue weighted by Gasteiger charge is 2.38. The van der Waals surface area contributed by atoms with Gasteiger partial charge in [-0.2, -0.15) is 0 Å². The van der Waals surface area contributed by atoms with Crippen LogP contribution in [0.1, 0.15) is 40.0 Å². The maximum atomic E-state index is 12.3. The van der Waals surface area contributed by atoms with Gasteiger partial charge in [-0.25, -0.2) is 0 Å². The molecule has 0 bridgehead atoms. The van der Waals surface area contributed by atoms with Crippen molar-refractivity contribution in [2.75, 3.05) is 0 Å². The molecule has 102 valence electrons. The first kappa shape index (κ1) is 15.7. The van der Waals surface area contributed by atoms with Crippen molar-refractivity contribution in [3.63, 3.8) is 0 Å². The number of hydrogen-bond donors (Lipinski definition) is 0. The quantitative estimate of drug-likeness (QED) is 0.335. The first-order valence-electron chi connectivity index (χ1n) is 7.05. The minimum atomic E-state index is -0.399. The molecule has 0 unspecified atom stereocenters. The van der Waals surface area contributed by atoms with Crippen molar-refractivity contribution in [3.8, 4) is 0 Å². The second-order valence-electron chi connectivity index (χ2n) is 5.91. The molecule has 0 aromatic heterocycles. The minimum absolute atomic E-state index is 0.0755. The van der Waals surface area contributed by atoms with Crippen LogP contribution in [-0.4, -0.2) is 18.2 Å². The number of allylic oxidation sites excluding steroid dienone is 3. The molecule has 0 N–H and O–H groups in total. The first-order valence-corrected chi connectivity index (χ1v) is 7.05. The van der Waals surface area contributed by atoms with Crippen molar-refractivity contribution in [2.24, 2.45) is 5.41 Å². The third-order valence-corrected chi connectivity index (χ3v) is 3.45. The normalized spacial score (nSPS) is 19.6. The zero-order valence-electron chi connectivity index (χ0n) is 12.5. The van der Waals surface area contributed by atoms with Gasteiger partial charge in [0.25, 0.3) is 0 Å². The van der Waals surface area contributed by atoms with E-state index in [0.717, 1.165) is 12.8 Å². The van der Waals surface area contributed by atoms with E-state index in [9.17, 15) is 9.59 Å². The molecule has 19 heavy (non-hydrogen) atoms. The predicted molar refractivity (Wildman–Crippen MR) is 80.5 cm³/mol. The van der Waals surface area contributed by atoms with Crippen molar-refractivity contribution in [1.82, 2.24) is 0 Å². The van der Waals surface area contributed by atoms with Crippen LogP contribution in [0.25, 0.3) is 0 Å². The van der Waals surface area contributed by atoms with Crippen LogP contribution in [0.4, 0.5) is 0 Å². The number of carbonyl (C=O) groups is 2. The summed E-state index contributed by atoms with van der Waals surface area (Å²) in [6.45, 7) is 7.62. The molecule has 1 aliphatic heterocycles. The summed E-state index contributed by atoms with van der Waals surface area (Å²) in [7, 11) is 0. The molecule has 1 aliphatic rings. The summed E-state index contributed by atoms with van der Waals surface area (Å²) < 4.78 is 0. The Bertz CT molecular complexity index is 451. The van der Waals surface area contributed by atoms with Gasteiger partial charge in [-0.3, -0.25) is 0 Å². The Morgan fingerprint density at radius 2 is 2.00 bits per heavy atom. The standard InChI is InChI=1S/C16H23BO2/c1-5-6-7-8-9-10-14-15(19)17(4)12-13(18)11-16(14,2)3/h6-7,9H,5,8,11-12H2,1-4H3/b7-6-. The summed E-state index contributed by atoms with van der Waals surface area (Å²) in [5, 5.41) is 0. The van der Waals surface area contributed by atoms with Gasteiger partial charge in [0, 0.05) is 17.4 Å². The molecule has 3 heteroatoms. The smallest absolute Gasteiger partial charge is 0.234 e. The van der Waals surface area contributed by atoms with Crippen LogP contribution in [0.3, 0.4) is 0 Å². The van der Waals surface area contributed by atoms with Gasteiger partial charge in [0.05, 0.1) is 0 Å². The summed E-state index contributed by atoms with van der Waals surface area (Å²) in [5.41, 5.74) is 3.50. The zero-order valence-corrected chi connectivity index (χ0v) is 12.5. The van der Waals surface area contributed by atoms with E-state index in [4.69, 9.17) is 0 Å². The highest BCUT2D eigenvalue weighted by Crippen LogP contribution is 2.34. The van der Waals surface area contributed by atoms with Gasteiger partial charge in [-0.15, -0.1) is 5.73 Å². The monoisotopic (exact) mass is 258 g/mol. The average Bonchev–Trinajstić information content (AvgIpc) is 2.37. The number of carbonyl (C=O) groups excluding carboxylic acids is 2. The molecule has 1 rings (SSSR count). The summed E-state index contributed by atoms with van der Waals surface area (Å²) in [6.07, 6.45) is 8.64. The Kier molecular flexibility index (Phi) is 5.56. The molecule has 2 nitrogen and oxygen atoms in total. The predicted octanol–water partition coefficient (Wildman–Crippen LogP) is 3.66. The Hall–Kier alpha value is -1.34. The van der Waals surface area contributed by atoms with E-state index < -0.39 is 5.41 Å². The summed E-state index contributed by atoms with van der Waals surface area (Å²) in [4.78, 5) is 24.1. The molecule has 0 amide bonds. The molecule has 1 saturated heterocycles. The lowest BCUT2D eigenvalue weighted by atomic mass is 9.44. The largest absolute Gasteiger partial charge is 0.305 e. The summed E-state index contributed by atoms with van der Waals surface area (Å²) in [6, 6.07) is 0. The van der Waals surface area contributed by atoms with Crippen LogP contribution in [0, 0.1) is 5.41 Å². The zero-order chi connectivity index (χ0) is 14.5. The van der Waals surface area contributed by atoms with Crippen molar-refractivity contribution in [1.29, 1.82) is 0 Å². The molecule has 0 aromatic carbocycles. The van der Waals surface area contributed by atoms with Gasteiger partial charge < -0.3 is 9.59 Å². The summed E-state index contributed by atoms with van der Waals surface area (Å²) in [5.74, 6) is 0.175. The van der Waals surface area contributed by atoms with Crippen LogP contribution in [0.5, 0.6) is 0 Å². The number of ketones is 1. The Morgan fingerprint density at radius 3 is 2.63 bits per heavy atom. The molecular weight excluding hydrogens is 235 g/mol. The van der Waals surface area contributed by atoms with E-state index in [2.05, 4.69) is 24.8 Å². The lowest BCUT2D eigenvalue weighted by molar-refractivity contribution is -0.118. The molecule has 1 fully saturated rings. The van der Waals surface area contributed by atoms with Gasteiger partial charge in [-0.05, 0) is 25.2 Å². The molecule has 1 heterocycles. The SMILES string of the molecule is CC/C=C\CC=C=C1C(=O)B(C)CC(=O)CC1(C)C. The lowest BCUT2D eigenvalue weighted by Gasteiger charge is -2.22. The third kappa shape index (κ3) is 4.36. The molecule has 0 spiro atoms. The Balaban J connectivity index is 3.04. The van der Waals surface area contributed by atoms with Crippen molar-refractivity contribution < 1.29 is 9.59 Å². The maximum Gasteiger partial charge on any atom is 0.234 e. The maximum absolute atomic E-state index is 12.3. The second-order valence-corrected chi connectivity index (χ2v) is 5.91. The van der Waals surface area contributed by atoms with Gasteiger partial charge >= 0.3 is 0 Å². The highest BCUT2D eigenvalue weighted by molar-refractivity contribution is 6.93. The summed E-state index contributed by atoms with van der Waals surface area (Å²) >= 11 is 0. The van der Waals surface area contributed by atoms with Gasteiger partial charge in [0.2, 0.25) is 6.71 Å². The minimum Gasteiger partial charge on any atom is -0.305 e. The van der Waals surface area contributed by atoms with Crippen LogP contribution in [-0.2, 0) is 9.59 Å². The van der Waals surface area contributed by atoms with Crippen LogP contribution in [0.2, 0.25) is 13.1 Å². The lowest BCUT2D eigenvalue weighted by Crippen LogP contribution is -2.27. The second kappa shape index (κ2) is 6.72.